The quantitative estimate of drug-likeness (QED) is 0.786. The van der Waals surface area contributed by atoms with Crippen LogP contribution in [0.1, 0.15) is 11.1 Å². The molecule has 0 aliphatic carbocycles. The van der Waals surface area contributed by atoms with Gasteiger partial charge >= 0.3 is 0 Å². The molecular weight excluding hydrogens is 205 g/mol. The lowest BCUT2D eigenvalue weighted by atomic mass is 10.1. The van der Waals surface area contributed by atoms with Crippen molar-refractivity contribution in [2.45, 2.75) is 13.8 Å². The fraction of sp³-hybridized carbons (Fsp3) is 0.167. The number of halogens is 1. The van der Waals surface area contributed by atoms with Crippen LogP contribution in [-0.4, -0.2) is 9.97 Å². The lowest BCUT2D eigenvalue weighted by molar-refractivity contribution is 0.580. The Labute approximate surface area is 93.4 Å². The van der Waals surface area contributed by atoms with E-state index in [1.165, 1.54) is 18.0 Å². The van der Waals surface area contributed by atoms with Crippen LogP contribution in [-0.2, 0) is 0 Å². The van der Waals surface area contributed by atoms with Crippen molar-refractivity contribution in [2.75, 3.05) is 5.32 Å². The van der Waals surface area contributed by atoms with Gasteiger partial charge in [0.05, 0.1) is 0 Å². The molecule has 3 nitrogen and oxygen atoms in total. The average molecular weight is 217 g/mol. The number of hydrogen-bond donors (Lipinski definition) is 1. The van der Waals surface area contributed by atoms with Gasteiger partial charge in [-0.25, -0.2) is 9.97 Å². The molecule has 0 aliphatic heterocycles. The summed E-state index contributed by atoms with van der Waals surface area (Å²) in [4.78, 5) is 7.34. The van der Waals surface area contributed by atoms with Crippen molar-refractivity contribution in [3.63, 3.8) is 0 Å². The zero-order valence-electron chi connectivity index (χ0n) is 9.16. The molecule has 82 valence electrons. The number of nitrogens with one attached hydrogen (secondary N) is 1. The Hall–Kier alpha value is -1.97. The average Bonchev–Trinajstić information content (AvgIpc) is 2.22. The van der Waals surface area contributed by atoms with Crippen molar-refractivity contribution >= 4 is 11.5 Å². The fourth-order valence-corrected chi connectivity index (χ4v) is 1.49. The van der Waals surface area contributed by atoms with Crippen molar-refractivity contribution < 1.29 is 4.39 Å². The van der Waals surface area contributed by atoms with Gasteiger partial charge < -0.3 is 5.32 Å². The van der Waals surface area contributed by atoms with E-state index in [1.54, 1.807) is 0 Å². The number of nitrogens with zero attached hydrogens (tertiary/aromatic N) is 2. The molecule has 0 fully saturated rings. The predicted molar refractivity (Wildman–Crippen MR) is 61.2 cm³/mol. The maximum Gasteiger partial charge on any atom is 0.218 e. The van der Waals surface area contributed by atoms with Crippen molar-refractivity contribution in [3.8, 4) is 0 Å². The summed E-state index contributed by atoms with van der Waals surface area (Å²) in [5.74, 6) is -0.0817. The largest absolute Gasteiger partial charge is 0.340 e. The summed E-state index contributed by atoms with van der Waals surface area (Å²) < 4.78 is 12.8. The summed E-state index contributed by atoms with van der Waals surface area (Å²) in [7, 11) is 0. The Bertz CT molecular complexity index is 511. The molecule has 16 heavy (non-hydrogen) atoms. The standard InChI is InChI=1S/C12H12FN3/c1-8-3-4-10(9(2)5-8)16-12-6-11(13)14-7-15-12/h3-7H,1-2H3,(H,14,15,16). The first-order valence-electron chi connectivity index (χ1n) is 4.97. The third kappa shape index (κ3) is 2.34. The van der Waals surface area contributed by atoms with Gasteiger partial charge in [-0.2, -0.15) is 4.39 Å². The molecule has 0 aliphatic rings. The Morgan fingerprint density at radius 3 is 2.62 bits per heavy atom. The summed E-state index contributed by atoms with van der Waals surface area (Å²) in [6.45, 7) is 4.02. The highest BCUT2D eigenvalue weighted by Gasteiger charge is 2.01. The molecule has 1 N–H and O–H groups in total. The lowest BCUT2D eigenvalue weighted by Gasteiger charge is -2.08. The van der Waals surface area contributed by atoms with Gasteiger partial charge in [0.25, 0.3) is 0 Å². The molecule has 0 amide bonds. The van der Waals surface area contributed by atoms with Crippen LogP contribution in [0.5, 0.6) is 0 Å². The predicted octanol–water partition coefficient (Wildman–Crippen LogP) is 2.98. The molecule has 1 aromatic heterocycles. The number of hydrogen-bond acceptors (Lipinski definition) is 3. The first-order valence-corrected chi connectivity index (χ1v) is 4.97. The highest BCUT2D eigenvalue weighted by Crippen LogP contribution is 2.19. The summed E-state index contributed by atoms with van der Waals surface area (Å²) in [6.07, 6.45) is 1.20. The maximum atomic E-state index is 12.8. The number of aromatic nitrogens is 2. The Kier molecular flexibility index (Phi) is 2.81. The van der Waals surface area contributed by atoms with Gasteiger partial charge in [0.1, 0.15) is 12.1 Å². The van der Waals surface area contributed by atoms with E-state index in [0.717, 1.165) is 11.3 Å². The van der Waals surface area contributed by atoms with Gasteiger partial charge in [-0.15, -0.1) is 0 Å². The van der Waals surface area contributed by atoms with E-state index in [0.29, 0.717) is 5.82 Å². The van der Waals surface area contributed by atoms with Gasteiger partial charge in [-0.3, -0.25) is 0 Å². The van der Waals surface area contributed by atoms with Crippen molar-refractivity contribution in [3.05, 3.63) is 47.7 Å². The Morgan fingerprint density at radius 2 is 1.94 bits per heavy atom. The third-order valence-electron chi connectivity index (χ3n) is 2.28. The van der Waals surface area contributed by atoms with Crippen LogP contribution in [0.4, 0.5) is 15.9 Å². The van der Waals surface area contributed by atoms with Crippen LogP contribution < -0.4 is 5.32 Å². The molecule has 0 atom stereocenters. The van der Waals surface area contributed by atoms with Crippen molar-refractivity contribution in [1.29, 1.82) is 0 Å². The third-order valence-corrected chi connectivity index (χ3v) is 2.28. The second kappa shape index (κ2) is 4.26. The molecule has 4 heteroatoms. The zero-order valence-corrected chi connectivity index (χ0v) is 9.16. The van der Waals surface area contributed by atoms with Crippen LogP contribution >= 0.6 is 0 Å². The minimum absolute atomic E-state index is 0.458. The molecule has 1 heterocycles. The number of rotatable bonds is 2. The van der Waals surface area contributed by atoms with E-state index >= 15 is 0 Å². The van der Waals surface area contributed by atoms with E-state index < -0.39 is 5.95 Å². The molecule has 1 aromatic carbocycles. The molecular formula is C12H12FN3. The van der Waals surface area contributed by atoms with Crippen LogP contribution in [0.2, 0.25) is 0 Å². The minimum atomic E-state index is -0.540. The summed E-state index contributed by atoms with van der Waals surface area (Å²) >= 11 is 0. The first kappa shape index (κ1) is 10.5. The number of aryl methyl sites for hydroxylation is 2. The summed E-state index contributed by atoms with van der Waals surface area (Å²) in [5.41, 5.74) is 3.21. The first-order chi connectivity index (χ1) is 7.65. The maximum absolute atomic E-state index is 12.8. The van der Waals surface area contributed by atoms with E-state index in [1.807, 2.05) is 26.0 Å². The van der Waals surface area contributed by atoms with E-state index in [-0.39, 0.29) is 0 Å². The minimum Gasteiger partial charge on any atom is -0.340 e. The van der Waals surface area contributed by atoms with Crippen LogP contribution in [0.3, 0.4) is 0 Å². The Morgan fingerprint density at radius 1 is 1.12 bits per heavy atom. The second-order valence-corrected chi connectivity index (χ2v) is 3.67. The van der Waals surface area contributed by atoms with Crippen molar-refractivity contribution in [2.24, 2.45) is 0 Å². The highest BCUT2D eigenvalue weighted by atomic mass is 19.1. The van der Waals surface area contributed by atoms with Gasteiger partial charge in [0, 0.05) is 11.8 Å². The van der Waals surface area contributed by atoms with E-state index in [4.69, 9.17) is 0 Å². The van der Waals surface area contributed by atoms with Crippen LogP contribution in [0.15, 0.2) is 30.6 Å². The molecule has 2 rings (SSSR count). The van der Waals surface area contributed by atoms with Crippen LogP contribution in [0, 0.1) is 19.8 Å². The smallest absolute Gasteiger partial charge is 0.218 e. The monoisotopic (exact) mass is 217 g/mol. The Balaban J connectivity index is 2.27. The SMILES string of the molecule is Cc1ccc(Nc2cc(F)ncn2)c(C)c1. The summed E-state index contributed by atoms with van der Waals surface area (Å²) in [5, 5.41) is 3.05. The lowest BCUT2D eigenvalue weighted by Crippen LogP contribution is -1.97. The van der Waals surface area contributed by atoms with E-state index in [2.05, 4.69) is 21.4 Å². The topological polar surface area (TPSA) is 37.8 Å². The molecule has 0 unspecified atom stereocenters. The van der Waals surface area contributed by atoms with Gasteiger partial charge in [-0.1, -0.05) is 17.7 Å². The molecule has 0 saturated carbocycles. The van der Waals surface area contributed by atoms with Crippen LogP contribution in [0.25, 0.3) is 0 Å². The fourth-order valence-electron chi connectivity index (χ4n) is 1.49. The second-order valence-electron chi connectivity index (χ2n) is 3.67. The number of anilines is 2. The van der Waals surface area contributed by atoms with Gasteiger partial charge in [-0.05, 0) is 25.5 Å². The molecule has 0 bridgehead atoms. The molecule has 0 spiro atoms. The van der Waals surface area contributed by atoms with Crippen molar-refractivity contribution in [1.82, 2.24) is 9.97 Å². The molecule has 0 radical (unpaired) electrons. The highest BCUT2D eigenvalue weighted by molar-refractivity contribution is 5.60. The number of benzene rings is 1. The van der Waals surface area contributed by atoms with Gasteiger partial charge in [0.15, 0.2) is 0 Å². The van der Waals surface area contributed by atoms with Gasteiger partial charge in [0.2, 0.25) is 5.95 Å². The zero-order chi connectivity index (χ0) is 11.5. The van der Waals surface area contributed by atoms with E-state index in [9.17, 15) is 4.39 Å². The normalized spacial score (nSPS) is 10.2. The summed E-state index contributed by atoms with van der Waals surface area (Å²) in [6, 6.07) is 7.26. The molecule has 0 saturated heterocycles. The molecule has 2 aromatic rings.